The van der Waals surface area contributed by atoms with Crippen molar-refractivity contribution in [1.29, 1.82) is 0 Å². The number of aromatic nitrogens is 3. The van der Waals surface area contributed by atoms with Gasteiger partial charge in [0, 0.05) is 30.5 Å². The number of rotatable bonds is 5. The summed E-state index contributed by atoms with van der Waals surface area (Å²) in [6.07, 6.45) is -7.69. The molecule has 0 aromatic carbocycles. The predicted molar refractivity (Wildman–Crippen MR) is 90.3 cm³/mol. The van der Waals surface area contributed by atoms with E-state index < -0.39 is 47.7 Å². The van der Waals surface area contributed by atoms with Gasteiger partial charge in [-0.1, -0.05) is 11.3 Å². The maximum absolute atomic E-state index is 13.5. The highest BCUT2D eigenvalue weighted by atomic mass is 32.1. The summed E-state index contributed by atoms with van der Waals surface area (Å²) < 4.78 is 77.8. The zero-order chi connectivity index (χ0) is 20.7. The van der Waals surface area contributed by atoms with Crippen LogP contribution in [0.3, 0.4) is 0 Å². The Hall–Kier alpha value is -2.44. The number of aliphatic imine (C=N–C) groups is 1. The van der Waals surface area contributed by atoms with E-state index in [0.717, 1.165) is 28.7 Å². The fraction of sp³-hybridized carbons (Fsp3) is 0.467. The minimum Gasteiger partial charge on any atom is -0.404 e. The fourth-order valence-electron chi connectivity index (χ4n) is 2.37. The Morgan fingerprint density at radius 3 is 2.50 bits per heavy atom. The first-order valence-electron chi connectivity index (χ1n) is 8.01. The molecule has 0 spiro atoms. The van der Waals surface area contributed by atoms with Crippen LogP contribution in [0.1, 0.15) is 41.4 Å². The summed E-state index contributed by atoms with van der Waals surface area (Å²) in [6.45, 7) is -0.721. The van der Waals surface area contributed by atoms with Crippen LogP contribution >= 0.6 is 11.3 Å². The monoisotopic (exact) mass is 425 g/mol. The third-order valence-corrected chi connectivity index (χ3v) is 4.92. The second-order valence-corrected chi connectivity index (χ2v) is 7.06. The van der Waals surface area contributed by atoms with Crippen molar-refractivity contribution in [3.05, 3.63) is 32.8 Å². The van der Waals surface area contributed by atoms with Gasteiger partial charge in [0.05, 0.1) is 12.0 Å². The van der Waals surface area contributed by atoms with E-state index in [4.69, 9.17) is 5.73 Å². The Balaban J connectivity index is 2.07. The summed E-state index contributed by atoms with van der Waals surface area (Å²) in [5, 5.41) is 4.54. The third-order valence-electron chi connectivity index (χ3n) is 3.84. The number of hydrogen-bond acceptors (Lipinski definition) is 6. The van der Waals surface area contributed by atoms with Gasteiger partial charge in [-0.15, -0.1) is 0 Å². The highest BCUT2D eigenvalue weighted by Crippen LogP contribution is 2.42. The number of allylic oxidation sites excluding steroid dienone is 1. The predicted octanol–water partition coefficient (Wildman–Crippen LogP) is 3.37. The Morgan fingerprint density at radius 1 is 1.29 bits per heavy atom. The van der Waals surface area contributed by atoms with Gasteiger partial charge in [-0.2, -0.15) is 36.0 Å². The maximum atomic E-state index is 13.5. The summed E-state index contributed by atoms with van der Waals surface area (Å²) in [4.78, 5) is 19.4. The van der Waals surface area contributed by atoms with Crippen LogP contribution in [0.25, 0.3) is 10.5 Å². The van der Waals surface area contributed by atoms with E-state index in [1.807, 2.05) is 0 Å². The number of nitrogens with two attached hydrogens (primary N) is 1. The van der Waals surface area contributed by atoms with E-state index in [2.05, 4.69) is 15.1 Å². The van der Waals surface area contributed by atoms with Gasteiger partial charge < -0.3 is 5.73 Å². The lowest BCUT2D eigenvalue weighted by atomic mass is 10.1. The standard InChI is InChI=1S/C15H13F6N5OS/c16-14(17,18)3-4-23-6-8(5-22)9-10(15(19,20)21)24-13-26(12(9)27)25-11(28-13)7-1-2-7/h5-7H,1-4,22H2. The number of nitrogens with zero attached hydrogens (tertiary/aromatic N) is 4. The van der Waals surface area contributed by atoms with E-state index in [-0.39, 0.29) is 10.9 Å². The quantitative estimate of drug-likeness (QED) is 0.588. The summed E-state index contributed by atoms with van der Waals surface area (Å²) in [5.41, 5.74) is 1.34. The summed E-state index contributed by atoms with van der Waals surface area (Å²) in [7, 11) is 0. The molecule has 2 aromatic heterocycles. The molecule has 0 unspecified atom stereocenters. The van der Waals surface area contributed by atoms with Gasteiger partial charge >= 0.3 is 12.4 Å². The molecule has 6 nitrogen and oxygen atoms in total. The molecule has 28 heavy (non-hydrogen) atoms. The van der Waals surface area contributed by atoms with Crippen LogP contribution in [0.4, 0.5) is 26.3 Å². The number of hydrogen-bond donors (Lipinski definition) is 1. The minimum atomic E-state index is -4.99. The van der Waals surface area contributed by atoms with E-state index >= 15 is 0 Å². The molecule has 1 fully saturated rings. The van der Waals surface area contributed by atoms with Gasteiger partial charge in [0.2, 0.25) is 4.96 Å². The van der Waals surface area contributed by atoms with Crippen molar-refractivity contribution in [1.82, 2.24) is 14.6 Å². The molecule has 0 amide bonds. The molecule has 2 N–H and O–H groups in total. The second-order valence-electron chi connectivity index (χ2n) is 6.07. The first-order chi connectivity index (χ1) is 13.0. The maximum Gasteiger partial charge on any atom is 0.434 e. The highest BCUT2D eigenvalue weighted by molar-refractivity contribution is 7.16. The molecule has 0 bridgehead atoms. The zero-order valence-corrected chi connectivity index (χ0v) is 14.8. The van der Waals surface area contributed by atoms with Crippen LogP contribution in [0.15, 0.2) is 16.0 Å². The van der Waals surface area contributed by atoms with E-state index in [1.54, 1.807) is 0 Å². The second kappa shape index (κ2) is 7.18. The van der Waals surface area contributed by atoms with Crippen molar-refractivity contribution in [2.45, 2.75) is 37.5 Å². The Labute approximate surface area is 157 Å². The molecule has 0 radical (unpaired) electrons. The molecule has 1 aliphatic rings. The molecule has 2 heterocycles. The van der Waals surface area contributed by atoms with Crippen molar-refractivity contribution in [3.8, 4) is 0 Å². The molecule has 1 saturated carbocycles. The van der Waals surface area contributed by atoms with Crippen molar-refractivity contribution in [2.75, 3.05) is 6.54 Å². The van der Waals surface area contributed by atoms with E-state index in [0.29, 0.717) is 17.4 Å². The Morgan fingerprint density at radius 2 is 1.96 bits per heavy atom. The molecule has 0 saturated heterocycles. The SMILES string of the molecule is NC=C(C=NCCC(F)(F)F)c1c(C(F)(F)F)nc2sc(C3CC3)nn2c1=O. The molecule has 13 heteroatoms. The normalized spacial score (nSPS) is 16.4. The van der Waals surface area contributed by atoms with Gasteiger partial charge in [-0.3, -0.25) is 9.79 Å². The lowest BCUT2D eigenvalue weighted by molar-refractivity contribution is -0.141. The lowest BCUT2D eigenvalue weighted by Gasteiger charge is -2.11. The molecule has 0 atom stereocenters. The lowest BCUT2D eigenvalue weighted by Crippen LogP contribution is -2.27. The van der Waals surface area contributed by atoms with Crippen molar-refractivity contribution >= 4 is 28.1 Å². The molecule has 1 aliphatic carbocycles. The summed E-state index contributed by atoms with van der Waals surface area (Å²) in [5.74, 6) is 0.0948. The average molecular weight is 425 g/mol. The molecule has 2 aromatic rings. The highest BCUT2D eigenvalue weighted by Gasteiger charge is 2.39. The van der Waals surface area contributed by atoms with Crippen LogP contribution in [0, 0.1) is 0 Å². The number of halogens is 6. The van der Waals surface area contributed by atoms with Crippen molar-refractivity contribution in [2.24, 2.45) is 10.7 Å². The van der Waals surface area contributed by atoms with Gasteiger partial charge in [0.1, 0.15) is 5.01 Å². The van der Waals surface area contributed by atoms with Gasteiger partial charge in [0.15, 0.2) is 5.69 Å². The van der Waals surface area contributed by atoms with Crippen LogP contribution in [0.2, 0.25) is 0 Å². The van der Waals surface area contributed by atoms with Crippen LogP contribution in [-0.4, -0.2) is 33.5 Å². The van der Waals surface area contributed by atoms with Gasteiger partial charge in [-0.25, -0.2) is 4.98 Å². The van der Waals surface area contributed by atoms with E-state index in [9.17, 15) is 31.1 Å². The van der Waals surface area contributed by atoms with E-state index in [1.165, 1.54) is 0 Å². The molecule has 3 rings (SSSR count). The zero-order valence-electron chi connectivity index (χ0n) is 14.0. The van der Waals surface area contributed by atoms with Crippen molar-refractivity contribution < 1.29 is 26.3 Å². The molecular formula is C15H13F6N5OS. The minimum absolute atomic E-state index is 0.0948. The van der Waals surface area contributed by atoms with Crippen LogP contribution < -0.4 is 11.3 Å². The number of alkyl halides is 6. The Bertz CT molecular complexity index is 999. The fourth-order valence-corrected chi connectivity index (χ4v) is 3.42. The van der Waals surface area contributed by atoms with Gasteiger partial charge in [-0.05, 0) is 12.8 Å². The largest absolute Gasteiger partial charge is 0.434 e. The smallest absolute Gasteiger partial charge is 0.404 e. The first kappa shape index (κ1) is 20.3. The molecule has 152 valence electrons. The van der Waals surface area contributed by atoms with Crippen LogP contribution in [-0.2, 0) is 6.18 Å². The van der Waals surface area contributed by atoms with Crippen LogP contribution in [0.5, 0.6) is 0 Å². The summed E-state index contributed by atoms with van der Waals surface area (Å²) in [6, 6.07) is 0. The molecular weight excluding hydrogens is 412 g/mol. The molecule has 0 aliphatic heterocycles. The average Bonchev–Trinajstić information content (AvgIpc) is 3.33. The van der Waals surface area contributed by atoms with Gasteiger partial charge in [0.25, 0.3) is 5.56 Å². The third kappa shape index (κ3) is 4.34. The van der Waals surface area contributed by atoms with Crippen molar-refractivity contribution in [3.63, 3.8) is 0 Å². The number of fused-ring (bicyclic) bond motifs is 1. The first-order valence-corrected chi connectivity index (χ1v) is 8.82. The topological polar surface area (TPSA) is 85.6 Å². The summed E-state index contributed by atoms with van der Waals surface area (Å²) >= 11 is 0.896. The Kier molecular flexibility index (Phi) is 5.21.